The quantitative estimate of drug-likeness (QED) is 0.189. The predicted molar refractivity (Wildman–Crippen MR) is 185 cm³/mol. The molecule has 3 aromatic carbocycles. The minimum absolute atomic E-state index is 0.00887. The molecular formula is C38H41N5O6. The SMILES string of the molecule is Cc1cccc(OCCCC(=O)N2C[C@@H]3C[C@@H]3c3c(-c4cnn(Cc5cccc(NC(=O)N6C[C@H](O)CC6C(=O)O)c5)c4)cccc32)c1C. The molecule has 4 atom stereocenters. The third-order valence-electron chi connectivity index (χ3n) is 10.0. The fourth-order valence-electron chi connectivity index (χ4n) is 7.21. The third kappa shape index (κ3) is 6.76. The summed E-state index contributed by atoms with van der Waals surface area (Å²) in [5, 5.41) is 26.8. The van der Waals surface area contributed by atoms with E-state index in [0.29, 0.717) is 43.5 Å². The Bertz CT molecular complexity index is 1900. The number of carboxylic acids is 1. The molecular weight excluding hydrogens is 622 g/mol. The summed E-state index contributed by atoms with van der Waals surface area (Å²) in [5.41, 5.74) is 8.03. The zero-order valence-electron chi connectivity index (χ0n) is 27.7. The van der Waals surface area contributed by atoms with Crippen LogP contribution in [-0.4, -0.2) is 74.6 Å². The molecule has 1 aromatic heterocycles. The molecule has 3 amide bonds. The van der Waals surface area contributed by atoms with E-state index >= 15 is 0 Å². The molecule has 1 unspecified atom stereocenters. The van der Waals surface area contributed by atoms with Crippen molar-refractivity contribution in [3.63, 3.8) is 0 Å². The second kappa shape index (κ2) is 13.4. The van der Waals surface area contributed by atoms with Crippen LogP contribution < -0.4 is 15.0 Å². The van der Waals surface area contributed by atoms with Gasteiger partial charge in [0.25, 0.3) is 0 Å². The minimum atomic E-state index is -1.14. The summed E-state index contributed by atoms with van der Waals surface area (Å²) in [7, 11) is 0. The maximum atomic E-state index is 13.5. The summed E-state index contributed by atoms with van der Waals surface area (Å²) >= 11 is 0. The highest BCUT2D eigenvalue weighted by Gasteiger charge is 2.47. The Balaban J connectivity index is 1.01. The van der Waals surface area contributed by atoms with Gasteiger partial charge in [-0.2, -0.15) is 5.10 Å². The normalized spacial score (nSPS) is 20.8. The van der Waals surface area contributed by atoms with Gasteiger partial charge in [-0.05, 0) is 90.6 Å². The number of likely N-dealkylation sites (tertiary alicyclic amines) is 1. The van der Waals surface area contributed by atoms with Crippen LogP contribution in [0.5, 0.6) is 5.75 Å². The molecule has 254 valence electrons. The van der Waals surface area contributed by atoms with Gasteiger partial charge in [-0.25, -0.2) is 9.59 Å². The minimum Gasteiger partial charge on any atom is -0.493 e. The number of ether oxygens (including phenoxy) is 1. The molecule has 2 aliphatic heterocycles. The lowest BCUT2D eigenvalue weighted by Crippen LogP contribution is -2.43. The monoisotopic (exact) mass is 663 g/mol. The summed E-state index contributed by atoms with van der Waals surface area (Å²) in [5.74, 6) is 0.752. The van der Waals surface area contributed by atoms with E-state index in [-0.39, 0.29) is 18.9 Å². The first-order chi connectivity index (χ1) is 23.7. The molecule has 1 aliphatic carbocycles. The number of amides is 3. The number of hydrogen-bond donors (Lipinski definition) is 3. The molecule has 0 bridgehead atoms. The Hall–Kier alpha value is -5.16. The van der Waals surface area contributed by atoms with Gasteiger partial charge in [0.1, 0.15) is 11.8 Å². The molecule has 1 saturated heterocycles. The Morgan fingerprint density at radius 2 is 1.84 bits per heavy atom. The van der Waals surface area contributed by atoms with Crippen LogP contribution in [0.25, 0.3) is 11.1 Å². The molecule has 7 rings (SSSR count). The molecule has 3 heterocycles. The van der Waals surface area contributed by atoms with Crippen molar-refractivity contribution in [2.24, 2.45) is 5.92 Å². The maximum Gasteiger partial charge on any atom is 0.326 e. The molecule has 11 nitrogen and oxygen atoms in total. The van der Waals surface area contributed by atoms with E-state index in [4.69, 9.17) is 4.74 Å². The number of rotatable bonds is 10. The molecule has 4 aromatic rings. The van der Waals surface area contributed by atoms with E-state index in [1.54, 1.807) is 6.07 Å². The number of aliphatic carboxylic acids is 1. The van der Waals surface area contributed by atoms with Crippen LogP contribution in [0.3, 0.4) is 0 Å². The average Bonchev–Trinajstić information content (AvgIpc) is 3.54. The number of aromatic nitrogens is 2. The van der Waals surface area contributed by atoms with Gasteiger partial charge in [0.15, 0.2) is 0 Å². The highest BCUT2D eigenvalue weighted by molar-refractivity contribution is 5.97. The Kier molecular flexibility index (Phi) is 8.85. The van der Waals surface area contributed by atoms with Crippen LogP contribution in [-0.2, 0) is 16.1 Å². The summed E-state index contributed by atoms with van der Waals surface area (Å²) in [6.45, 7) is 5.79. The van der Waals surface area contributed by atoms with Gasteiger partial charge in [0, 0.05) is 49.1 Å². The second-order valence-corrected chi connectivity index (χ2v) is 13.4. The van der Waals surface area contributed by atoms with E-state index in [1.165, 1.54) is 11.1 Å². The van der Waals surface area contributed by atoms with Crippen LogP contribution in [0.1, 0.15) is 53.9 Å². The first kappa shape index (κ1) is 32.4. The number of benzene rings is 3. The van der Waals surface area contributed by atoms with Crippen LogP contribution >= 0.6 is 0 Å². The number of anilines is 2. The van der Waals surface area contributed by atoms with Gasteiger partial charge in [-0.1, -0.05) is 36.4 Å². The van der Waals surface area contributed by atoms with Crippen molar-refractivity contribution in [2.75, 3.05) is 29.9 Å². The van der Waals surface area contributed by atoms with E-state index < -0.39 is 24.1 Å². The molecule has 49 heavy (non-hydrogen) atoms. The Morgan fingerprint density at radius 3 is 2.67 bits per heavy atom. The highest BCUT2D eigenvalue weighted by Crippen LogP contribution is 2.57. The number of carbonyl (C=O) groups is 3. The topological polar surface area (TPSA) is 137 Å². The number of aliphatic hydroxyl groups excluding tert-OH is 1. The van der Waals surface area contributed by atoms with Gasteiger partial charge < -0.3 is 30.1 Å². The standard InChI is InChI=1S/C38H41N5O6/c1-23-7-3-12-34(24(23)2)49-14-6-13-35(45)42-21-26-16-31(26)36-30(10-5-11-32(36)42)27-18-39-41(20-27)19-25-8-4-9-28(15-25)40-38(48)43-22-29(44)17-33(43)37(46)47/h3-5,7-12,15,18,20,26,29,31,33,44H,6,13-14,16-17,19,21-22H2,1-2H3,(H,40,48)(H,46,47)/t26-,29+,31-,33?/m0/s1. The summed E-state index contributed by atoms with van der Waals surface area (Å²) in [6.07, 6.45) is 5.14. The summed E-state index contributed by atoms with van der Waals surface area (Å²) in [6, 6.07) is 17.9. The van der Waals surface area contributed by atoms with Crippen molar-refractivity contribution in [1.82, 2.24) is 14.7 Å². The molecule has 3 aliphatic rings. The smallest absolute Gasteiger partial charge is 0.326 e. The van der Waals surface area contributed by atoms with Gasteiger partial charge in [-0.3, -0.25) is 9.48 Å². The van der Waals surface area contributed by atoms with Crippen molar-refractivity contribution < 1.29 is 29.3 Å². The molecule has 0 radical (unpaired) electrons. The van der Waals surface area contributed by atoms with Crippen molar-refractivity contribution in [1.29, 1.82) is 0 Å². The second-order valence-electron chi connectivity index (χ2n) is 13.4. The van der Waals surface area contributed by atoms with E-state index in [0.717, 1.165) is 51.6 Å². The number of β-amino-alcohol motifs (C(OH)–C–C–N with tert-alkyl or cyclic N) is 1. The van der Waals surface area contributed by atoms with Gasteiger partial charge in [-0.15, -0.1) is 0 Å². The number of nitrogens with one attached hydrogen (secondary N) is 1. The van der Waals surface area contributed by atoms with Crippen LogP contribution in [0, 0.1) is 19.8 Å². The zero-order valence-corrected chi connectivity index (χ0v) is 27.7. The predicted octanol–water partition coefficient (Wildman–Crippen LogP) is 5.58. The van der Waals surface area contributed by atoms with Gasteiger partial charge in [0.05, 0.1) is 25.5 Å². The fourth-order valence-corrected chi connectivity index (χ4v) is 7.21. The number of carboxylic acid groups (broad SMARTS) is 1. The highest BCUT2D eigenvalue weighted by atomic mass is 16.5. The third-order valence-corrected chi connectivity index (χ3v) is 10.0. The summed E-state index contributed by atoms with van der Waals surface area (Å²) < 4.78 is 7.85. The number of urea groups is 1. The van der Waals surface area contributed by atoms with Crippen LogP contribution in [0.2, 0.25) is 0 Å². The average molecular weight is 664 g/mol. The lowest BCUT2D eigenvalue weighted by Gasteiger charge is -2.30. The zero-order chi connectivity index (χ0) is 34.2. The van der Waals surface area contributed by atoms with Gasteiger partial charge in [0.2, 0.25) is 5.91 Å². The number of hydrogen-bond acceptors (Lipinski definition) is 6. The van der Waals surface area contributed by atoms with E-state index in [2.05, 4.69) is 42.5 Å². The van der Waals surface area contributed by atoms with Crippen LogP contribution in [0.4, 0.5) is 16.2 Å². The molecule has 0 spiro atoms. The van der Waals surface area contributed by atoms with Crippen molar-refractivity contribution in [3.05, 3.63) is 95.3 Å². The first-order valence-electron chi connectivity index (χ1n) is 16.9. The molecule has 2 fully saturated rings. The van der Waals surface area contributed by atoms with Crippen molar-refractivity contribution in [2.45, 2.75) is 64.1 Å². The summed E-state index contributed by atoms with van der Waals surface area (Å²) in [4.78, 5) is 41.1. The number of aryl methyl sites for hydroxylation is 1. The Morgan fingerprint density at radius 1 is 1.02 bits per heavy atom. The number of fused-ring (bicyclic) bond motifs is 3. The molecule has 1 saturated carbocycles. The lowest BCUT2D eigenvalue weighted by molar-refractivity contribution is -0.141. The lowest BCUT2D eigenvalue weighted by atomic mass is 9.92. The van der Waals surface area contributed by atoms with E-state index in [9.17, 15) is 24.6 Å². The molecule has 3 N–H and O–H groups in total. The van der Waals surface area contributed by atoms with Crippen molar-refractivity contribution >= 4 is 29.3 Å². The largest absolute Gasteiger partial charge is 0.493 e. The number of carbonyl (C=O) groups excluding carboxylic acids is 2. The maximum absolute atomic E-state index is 13.5. The van der Waals surface area contributed by atoms with Crippen LogP contribution in [0.15, 0.2) is 73.1 Å². The first-order valence-corrected chi connectivity index (χ1v) is 16.9. The Labute approximate surface area is 285 Å². The van der Waals surface area contributed by atoms with E-state index in [1.807, 2.05) is 58.4 Å². The van der Waals surface area contributed by atoms with Gasteiger partial charge >= 0.3 is 12.0 Å². The number of nitrogens with zero attached hydrogens (tertiary/aromatic N) is 4. The van der Waals surface area contributed by atoms with Crippen molar-refractivity contribution in [3.8, 4) is 16.9 Å². The number of aliphatic hydroxyl groups is 1. The molecule has 11 heteroatoms. The fraction of sp³-hybridized carbons (Fsp3) is 0.368.